The monoisotopic (exact) mass is 191 g/mol. The Morgan fingerprint density at radius 2 is 2.21 bits per heavy atom. The average molecular weight is 191 g/mol. The standard InChI is InChI=1S/C11H13NO2/c1-7-6-8-4-2-3-5-9(8)12-10(7)11(13)14/h2-5,7,10,12H,6H2,1H3,(H,13,14)/t7-,10-/m0/s1. The molecule has 14 heavy (non-hydrogen) atoms. The maximum Gasteiger partial charge on any atom is 0.326 e. The number of rotatable bonds is 1. The summed E-state index contributed by atoms with van der Waals surface area (Å²) < 4.78 is 0. The summed E-state index contributed by atoms with van der Waals surface area (Å²) in [6, 6.07) is 7.41. The van der Waals surface area contributed by atoms with Gasteiger partial charge in [0.25, 0.3) is 0 Å². The van der Waals surface area contributed by atoms with Crippen molar-refractivity contribution in [1.82, 2.24) is 0 Å². The largest absolute Gasteiger partial charge is 0.480 e. The van der Waals surface area contributed by atoms with Gasteiger partial charge in [-0.25, -0.2) is 4.79 Å². The van der Waals surface area contributed by atoms with Gasteiger partial charge >= 0.3 is 5.97 Å². The first kappa shape index (κ1) is 9.06. The van der Waals surface area contributed by atoms with Crippen LogP contribution in [0.25, 0.3) is 0 Å². The maximum absolute atomic E-state index is 10.9. The number of hydrogen-bond donors (Lipinski definition) is 2. The highest BCUT2D eigenvalue weighted by atomic mass is 16.4. The fourth-order valence-corrected chi connectivity index (χ4v) is 1.92. The zero-order valence-corrected chi connectivity index (χ0v) is 8.03. The van der Waals surface area contributed by atoms with Crippen molar-refractivity contribution in [3.8, 4) is 0 Å². The number of nitrogens with one attached hydrogen (secondary N) is 1. The molecule has 0 aromatic heterocycles. The van der Waals surface area contributed by atoms with Crippen molar-refractivity contribution in [3.05, 3.63) is 29.8 Å². The van der Waals surface area contributed by atoms with E-state index in [0.29, 0.717) is 0 Å². The number of anilines is 1. The van der Waals surface area contributed by atoms with Crippen LogP contribution in [0.15, 0.2) is 24.3 Å². The molecule has 3 nitrogen and oxygen atoms in total. The van der Waals surface area contributed by atoms with Gasteiger partial charge in [-0.1, -0.05) is 25.1 Å². The van der Waals surface area contributed by atoms with E-state index in [9.17, 15) is 4.79 Å². The van der Waals surface area contributed by atoms with E-state index < -0.39 is 12.0 Å². The molecule has 2 rings (SSSR count). The van der Waals surface area contributed by atoms with Gasteiger partial charge in [-0.15, -0.1) is 0 Å². The Labute approximate surface area is 82.8 Å². The molecule has 0 radical (unpaired) electrons. The van der Waals surface area contributed by atoms with Crippen LogP contribution in [0.1, 0.15) is 12.5 Å². The molecule has 1 aromatic rings. The van der Waals surface area contributed by atoms with Gasteiger partial charge in [0, 0.05) is 5.69 Å². The van der Waals surface area contributed by atoms with E-state index >= 15 is 0 Å². The SMILES string of the molecule is C[C@H]1Cc2ccccc2N[C@@H]1C(=O)O. The third kappa shape index (κ3) is 1.45. The third-order valence-corrected chi connectivity index (χ3v) is 2.71. The molecule has 0 fully saturated rings. The van der Waals surface area contributed by atoms with Crippen molar-refractivity contribution in [2.45, 2.75) is 19.4 Å². The van der Waals surface area contributed by atoms with Crippen LogP contribution in [-0.4, -0.2) is 17.1 Å². The quantitative estimate of drug-likeness (QED) is 0.711. The Morgan fingerprint density at radius 3 is 2.93 bits per heavy atom. The Kier molecular flexibility index (Phi) is 2.15. The van der Waals surface area contributed by atoms with E-state index in [0.717, 1.165) is 12.1 Å². The van der Waals surface area contributed by atoms with Crippen LogP contribution in [0.2, 0.25) is 0 Å². The van der Waals surface area contributed by atoms with Gasteiger partial charge in [0.15, 0.2) is 0 Å². The molecule has 0 amide bonds. The second-order valence-electron chi connectivity index (χ2n) is 3.80. The Morgan fingerprint density at radius 1 is 1.50 bits per heavy atom. The Balaban J connectivity index is 2.31. The van der Waals surface area contributed by atoms with Gasteiger partial charge in [-0.05, 0) is 24.0 Å². The van der Waals surface area contributed by atoms with E-state index in [1.165, 1.54) is 5.56 Å². The maximum atomic E-state index is 10.9. The molecular weight excluding hydrogens is 178 g/mol. The number of para-hydroxylation sites is 1. The van der Waals surface area contributed by atoms with Crippen LogP contribution < -0.4 is 5.32 Å². The van der Waals surface area contributed by atoms with E-state index in [4.69, 9.17) is 5.11 Å². The topological polar surface area (TPSA) is 49.3 Å². The van der Waals surface area contributed by atoms with Gasteiger partial charge in [-0.3, -0.25) is 0 Å². The summed E-state index contributed by atoms with van der Waals surface area (Å²) in [5, 5.41) is 12.0. The molecular formula is C11H13NO2. The minimum atomic E-state index is -0.771. The molecule has 1 aliphatic rings. The molecule has 74 valence electrons. The minimum absolute atomic E-state index is 0.141. The zero-order valence-electron chi connectivity index (χ0n) is 8.03. The fraction of sp³-hybridized carbons (Fsp3) is 0.364. The highest BCUT2D eigenvalue weighted by Gasteiger charge is 2.29. The first-order chi connectivity index (χ1) is 6.68. The molecule has 2 atom stereocenters. The third-order valence-electron chi connectivity index (χ3n) is 2.71. The Hall–Kier alpha value is -1.51. The number of fused-ring (bicyclic) bond motifs is 1. The van der Waals surface area contributed by atoms with Crippen LogP contribution >= 0.6 is 0 Å². The van der Waals surface area contributed by atoms with Gasteiger partial charge in [0.05, 0.1) is 0 Å². The summed E-state index contributed by atoms with van der Waals surface area (Å²) in [7, 11) is 0. The van der Waals surface area contributed by atoms with Crippen molar-refractivity contribution in [1.29, 1.82) is 0 Å². The highest BCUT2D eigenvalue weighted by Crippen LogP contribution is 2.27. The van der Waals surface area contributed by atoms with Crippen LogP contribution in [0.4, 0.5) is 5.69 Å². The molecule has 0 spiro atoms. The summed E-state index contributed by atoms with van der Waals surface area (Å²) in [4.78, 5) is 10.9. The first-order valence-corrected chi connectivity index (χ1v) is 4.75. The second kappa shape index (κ2) is 3.33. The molecule has 3 heteroatoms. The summed E-state index contributed by atoms with van der Waals surface area (Å²) in [6.07, 6.45) is 0.833. The molecule has 1 heterocycles. The fourth-order valence-electron chi connectivity index (χ4n) is 1.92. The van der Waals surface area contributed by atoms with E-state index in [1.807, 2.05) is 31.2 Å². The number of carboxylic acids is 1. The lowest BCUT2D eigenvalue weighted by Crippen LogP contribution is -2.39. The lowest BCUT2D eigenvalue weighted by atomic mass is 9.89. The van der Waals surface area contributed by atoms with Crippen LogP contribution in [0.5, 0.6) is 0 Å². The van der Waals surface area contributed by atoms with E-state index in [2.05, 4.69) is 5.32 Å². The van der Waals surface area contributed by atoms with Gasteiger partial charge in [0.1, 0.15) is 6.04 Å². The number of carbonyl (C=O) groups is 1. The second-order valence-corrected chi connectivity index (χ2v) is 3.80. The zero-order chi connectivity index (χ0) is 10.1. The number of benzene rings is 1. The molecule has 0 aliphatic carbocycles. The molecule has 0 bridgehead atoms. The van der Waals surface area contributed by atoms with Crippen LogP contribution in [0.3, 0.4) is 0 Å². The van der Waals surface area contributed by atoms with E-state index in [1.54, 1.807) is 0 Å². The molecule has 0 saturated carbocycles. The lowest BCUT2D eigenvalue weighted by molar-refractivity contribution is -0.139. The number of aliphatic carboxylic acids is 1. The summed E-state index contributed by atoms with van der Waals surface area (Å²) in [5.74, 6) is -0.630. The van der Waals surface area contributed by atoms with Crippen molar-refractivity contribution < 1.29 is 9.90 Å². The molecule has 0 saturated heterocycles. The molecule has 1 aromatic carbocycles. The van der Waals surface area contributed by atoms with Crippen molar-refractivity contribution in [2.75, 3.05) is 5.32 Å². The number of hydrogen-bond acceptors (Lipinski definition) is 2. The van der Waals surface area contributed by atoms with Gasteiger partial charge in [-0.2, -0.15) is 0 Å². The lowest BCUT2D eigenvalue weighted by Gasteiger charge is -2.29. The van der Waals surface area contributed by atoms with E-state index in [-0.39, 0.29) is 5.92 Å². The van der Waals surface area contributed by atoms with Crippen molar-refractivity contribution >= 4 is 11.7 Å². The Bertz CT molecular complexity index is 362. The normalized spacial score (nSPS) is 24.9. The van der Waals surface area contributed by atoms with Gasteiger partial charge in [0.2, 0.25) is 0 Å². The minimum Gasteiger partial charge on any atom is -0.480 e. The van der Waals surface area contributed by atoms with Gasteiger partial charge < -0.3 is 10.4 Å². The predicted octanol–water partition coefficient (Wildman–Crippen LogP) is 1.74. The van der Waals surface area contributed by atoms with Crippen LogP contribution in [-0.2, 0) is 11.2 Å². The molecule has 1 aliphatic heterocycles. The summed E-state index contributed by atoms with van der Waals surface area (Å²) in [5.41, 5.74) is 2.16. The smallest absolute Gasteiger partial charge is 0.326 e. The van der Waals surface area contributed by atoms with Crippen LogP contribution in [0, 0.1) is 5.92 Å². The first-order valence-electron chi connectivity index (χ1n) is 4.75. The molecule has 2 N–H and O–H groups in total. The summed E-state index contributed by atoms with van der Waals surface area (Å²) >= 11 is 0. The predicted molar refractivity (Wildman–Crippen MR) is 54.4 cm³/mol. The summed E-state index contributed by atoms with van der Waals surface area (Å²) in [6.45, 7) is 1.96. The van der Waals surface area contributed by atoms with Crippen molar-refractivity contribution in [3.63, 3.8) is 0 Å². The average Bonchev–Trinajstić information content (AvgIpc) is 2.16. The number of carboxylic acid groups (broad SMARTS) is 1. The molecule has 0 unspecified atom stereocenters. The van der Waals surface area contributed by atoms with Crippen molar-refractivity contribution in [2.24, 2.45) is 5.92 Å². The highest BCUT2D eigenvalue weighted by molar-refractivity contribution is 5.79.